The first kappa shape index (κ1) is 17.0. The Morgan fingerprint density at radius 1 is 1.04 bits per heavy atom. The molecule has 1 heterocycles. The highest BCUT2D eigenvalue weighted by atomic mass is 32.2. The third-order valence-electron chi connectivity index (χ3n) is 3.23. The van der Waals surface area contributed by atoms with Gasteiger partial charge in [0.25, 0.3) is 0 Å². The van der Waals surface area contributed by atoms with Gasteiger partial charge in [-0.2, -0.15) is 21.6 Å². The number of hydrogen-bond donors (Lipinski definition) is 0. The molecule has 0 radical (unpaired) electrons. The van der Waals surface area contributed by atoms with Crippen LogP contribution in [0, 0.1) is 0 Å². The van der Waals surface area contributed by atoms with Crippen molar-refractivity contribution in [1.82, 2.24) is 0 Å². The second-order valence-electron chi connectivity index (χ2n) is 4.99. The first-order valence-corrected chi connectivity index (χ1v) is 8.22. The minimum atomic E-state index is -5.80. The number of allylic oxidation sites excluding steroid dienone is 1. The van der Waals surface area contributed by atoms with Gasteiger partial charge >= 0.3 is 15.6 Å². The molecule has 0 amide bonds. The van der Waals surface area contributed by atoms with Gasteiger partial charge in [-0.05, 0) is 23.8 Å². The Balaban J connectivity index is 1.89. The van der Waals surface area contributed by atoms with Crippen molar-refractivity contribution in [1.29, 1.82) is 0 Å². The summed E-state index contributed by atoms with van der Waals surface area (Å²) in [5.74, 6) is -1.19. The lowest BCUT2D eigenvalue weighted by atomic mass is 10.1. The van der Waals surface area contributed by atoms with Crippen LogP contribution in [0.3, 0.4) is 0 Å². The number of carbonyl (C=O) groups is 1. The van der Waals surface area contributed by atoms with Gasteiger partial charge in [0.05, 0.1) is 5.56 Å². The van der Waals surface area contributed by atoms with Crippen molar-refractivity contribution < 1.29 is 35.3 Å². The van der Waals surface area contributed by atoms with Crippen LogP contribution >= 0.6 is 0 Å². The zero-order chi connectivity index (χ0) is 18.2. The van der Waals surface area contributed by atoms with Crippen molar-refractivity contribution in [2.24, 2.45) is 0 Å². The number of halogens is 3. The van der Waals surface area contributed by atoms with Crippen LogP contribution in [0.4, 0.5) is 13.2 Å². The third kappa shape index (κ3) is 3.36. The summed E-state index contributed by atoms with van der Waals surface area (Å²) in [4.78, 5) is 12.2. The molecule has 0 saturated carbocycles. The van der Waals surface area contributed by atoms with Crippen molar-refractivity contribution in [3.05, 3.63) is 65.4 Å². The number of rotatable bonds is 3. The van der Waals surface area contributed by atoms with E-state index in [2.05, 4.69) is 4.18 Å². The molecule has 0 aliphatic carbocycles. The molecular formula is C16H9F3O5S. The lowest BCUT2D eigenvalue weighted by Gasteiger charge is -2.09. The lowest BCUT2D eigenvalue weighted by molar-refractivity contribution is -0.0500. The molecule has 0 spiro atoms. The Hall–Kier alpha value is -2.81. The van der Waals surface area contributed by atoms with E-state index in [-0.39, 0.29) is 17.1 Å². The van der Waals surface area contributed by atoms with E-state index in [0.29, 0.717) is 5.56 Å². The van der Waals surface area contributed by atoms with Gasteiger partial charge in [-0.25, -0.2) is 0 Å². The van der Waals surface area contributed by atoms with Crippen LogP contribution < -0.4 is 8.92 Å². The normalized spacial score (nSPS) is 15.8. The smallest absolute Gasteiger partial charge is 0.452 e. The molecule has 5 nitrogen and oxygen atoms in total. The average molecular weight is 370 g/mol. The van der Waals surface area contributed by atoms with E-state index in [4.69, 9.17) is 4.74 Å². The van der Waals surface area contributed by atoms with Crippen molar-refractivity contribution in [3.63, 3.8) is 0 Å². The van der Waals surface area contributed by atoms with E-state index in [9.17, 15) is 26.4 Å². The van der Waals surface area contributed by atoms with E-state index in [1.54, 1.807) is 30.3 Å². The molecule has 130 valence electrons. The van der Waals surface area contributed by atoms with Crippen LogP contribution in [0.2, 0.25) is 0 Å². The minimum Gasteiger partial charge on any atom is -0.452 e. The summed E-state index contributed by atoms with van der Waals surface area (Å²) >= 11 is 0. The van der Waals surface area contributed by atoms with Gasteiger partial charge in [0.1, 0.15) is 11.5 Å². The second kappa shape index (κ2) is 5.92. The Morgan fingerprint density at radius 2 is 1.72 bits per heavy atom. The first-order valence-electron chi connectivity index (χ1n) is 6.81. The van der Waals surface area contributed by atoms with Crippen LogP contribution in [0.25, 0.3) is 6.08 Å². The summed E-state index contributed by atoms with van der Waals surface area (Å²) in [6.45, 7) is 0. The van der Waals surface area contributed by atoms with Crippen molar-refractivity contribution in [2.75, 3.05) is 0 Å². The number of benzene rings is 2. The van der Waals surface area contributed by atoms with Gasteiger partial charge in [0.2, 0.25) is 5.78 Å². The average Bonchev–Trinajstić information content (AvgIpc) is 2.82. The standard InChI is InChI=1S/C16H9F3O5S/c17-16(18,19)25(21,22)24-11-6-7-12-13(9-11)23-14(15(12)20)8-10-4-2-1-3-5-10/h1-9H/b14-8-. The fraction of sp³-hybridized carbons (Fsp3) is 0.0625. The second-order valence-corrected chi connectivity index (χ2v) is 6.53. The van der Waals surface area contributed by atoms with Crippen molar-refractivity contribution in [2.45, 2.75) is 5.51 Å². The monoisotopic (exact) mass is 370 g/mol. The molecule has 0 unspecified atom stereocenters. The predicted molar refractivity (Wildman–Crippen MR) is 81.4 cm³/mol. The molecule has 9 heteroatoms. The van der Waals surface area contributed by atoms with E-state index in [0.717, 1.165) is 18.2 Å². The predicted octanol–water partition coefficient (Wildman–Crippen LogP) is 3.53. The van der Waals surface area contributed by atoms with Gasteiger partial charge in [0.15, 0.2) is 5.76 Å². The Bertz CT molecular complexity index is 963. The van der Waals surface area contributed by atoms with Gasteiger partial charge < -0.3 is 8.92 Å². The van der Waals surface area contributed by atoms with Crippen molar-refractivity contribution in [3.8, 4) is 11.5 Å². The quantitative estimate of drug-likeness (QED) is 0.470. The van der Waals surface area contributed by atoms with E-state index >= 15 is 0 Å². The number of fused-ring (bicyclic) bond motifs is 1. The first-order chi connectivity index (χ1) is 11.7. The Labute approximate surface area is 140 Å². The molecule has 0 atom stereocenters. The molecule has 1 aliphatic heterocycles. The summed E-state index contributed by atoms with van der Waals surface area (Å²) in [5, 5.41) is 0. The number of carbonyl (C=O) groups excluding carboxylic acids is 1. The summed E-state index contributed by atoms with van der Waals surface area (Å²) in [7, 11) is -5.80. The molecule has 25 heavy (non-hydrogen) atoms. The highest BCUT2D eigenvalue weighted by Crippen LogP contribution is 2.36. The summed E-state index contributed by atoms with van der Waals surface area (Å²) in [6.07, 6.45) is 1.47. The molecule has 3 rings (SSSR count). The molecule has 0 saturated heterocycles. The zero-order valence-electron chi connectivity index (χ0n) is 12.3. The van der Waals surface area contributed by atoms with E-state index < -0.39 is 27.2 Å². The van der Waals surface area contributed by atoms with E-state index in [1.165, 1.54) is 6.08 Å². The van der Waals surface area contributed by atoms with Crippen LogP contribution in [-0.4, -0.2) is 19.7 Å². The van der Waals surface area contributed by atoms with Gasteiger partial charge in [-0.15, -0.1) is 0 Å². The van der Waals surface area contributed by atoms with Crippen LogP contribution in [0.15, 0.2) is 54.3 Å². The number of ether oxygens (including phenoxy) is 1. The number of hydrogen-bond acceptors (Lipinski definition) is 5. The van der Waals surface area contributed by atoms with Crippen LogP contribution in [0.1, 0.15) is 15.9 Å². The summed E-state index contributed by atoms with van der Waals surface area (Å²) < 4.78 is 68.4. The fourth-order valence-electron chi connectivity index (χ4n) is 2.09. The number of ketones is 1. The van der Waals surface area contributed by atoms with Gasteiger partial charge in [-0.1, -0.05) is 30.3 Å². The van der Waals surface area contributed by atoms with Crippen LogP contribution in [-0.2, 0) is 10.1 Å². The highest BCUT2D eigenvalue weighted by molar-refractivity contribution is 7.88. The maximum Gasteiger partial charge on any atom is 0.534 e. The topological polar surface area (TPSA) is 69.7 Å². The summed E-state index contributed by atoms with van der Waals surface area (Å²) in [6, 6.07) is 11.8. The van der Waals surface area contributed by atoms with E-state index in [1.807, 2.05) is 0 Å². The fourth-order valence-corrected chi connectivity index (χ4v) is 2.55. The SMILES string of the molecule is O=C1/C(=C/c2ccccc2)Oc2cc(OS(=O)(=O)C(F)(F)F)ccc21. The molecule has 0 fully saturated rings. The third-order valence-corrected chi connectivity index (χ3v) is 4.21. The maximum absolute atomic E-state index is 12.4. The molecule has 2 aromatic rings. The lowest BCUT2D eigenvalue weighted by Crippen LogP contribution is -2.28. The molecule has 0 N–H and O–H groups in total. The molecule has 0 bridgehead atoms. The van der Waals surface area contributed by atoms with Crippen molar-refractivity contribution >= 4 is 22.0 Å². The molecular weight excluding hydrogens is 361 g/mol. The minimum absolute atomic E-state index is 0.0305. The number of Topliss-reactive ketones (excluding diaryl/α,β-unsaturated/α-hetero) is 1. The number of alkyl halides is 3. The van der Waals surface area contributed by atoms with Gasteiger partial charge in [-0.3, -0.25) is 4.79 Å². The maximum atomic E-state index is 12.4. The largest absolute Gasteiger partial charge is 0.534 e. The molecule has 1 aliphatic rings. The Morgan fingerprint density at radius 3 is 2.36 bits per heavy atom. The zero-order valence-corrected chi connectivity index (χ0v) is 13.1. The summed E-state index contributed by atoms with van der Waals surface area (Å²) in [5.41, 5.74) is -4.77. The highest BCUT2D eigenvalue weighted by Gasteiger charge is 2.48. The van der Waals surface area contributed by atoms with Gasteiger partial charge in [0, 0.05) is 6.07 Å². The van der Waals surface area contributed by atoms with Crippen LogP contribution in [0.5, 0.6) is 11.5 Å². The Kier molecular flexibility index (Phi) is 4.03. The molecule has 2 aromatic carbocycles. The molecule has 0 aromatic heterocycles.